The molecule has 1 atom stereocenters. The van der Waals surface area contributed by atoms with Crippen molar-refractivity contribution < 1.29 is 23.6 Å². The van der Waals surface area contributed by atoms with Gasteiger partial charge in [0.1, 0.15) is 11.6 Å². The number of piperazine rings is 1. The standard InChI is InChI=1S/C29H40BN3O5/c1-27(2,3)36-26(34)24-19-31-15-16-33(24)23-13-10-20(11-14-23)9-12-21-17-22(18-32-25(21)35-8)30-37-28(4,5)29(6,7)38-30/h9-14,17-18,24,31H,15-16,19H2,1-8H3/b12-9+. The predicted molar refractivity (Wildman–Crippen MR) is 152 cm³/mol. The molecule has 1 N–H and O–H groups in total. The molecule has 3 heterocycles. The van der Waals surface area contributed by atoms with Gasteiger partial charge in [-0.2, -0.15) is 0 Å². The maximum absolute atomic E-state index is 12.8. The van der Waals surface area contributed by atoms with Crippen LogP contribution in [0.5, 0.6) is 5.88 Å². The van der Waals surface area contributed by atoms with Crippen LogP contribution >= 0.6 is 0 Å². The molecule has 2 aliphatic rings. The Morgan fingerprint density at radius 3 is 2.39 bits per heavy atom. The first-order valence-electron chi connectivity index (χ1n) is 13.2. The third-order valence-corrected chi connectivity index (χ3v) is 7.22. The van der Waals surface area contributed by atoms with Gasteiger partial charge in [-0.15, -0.1) is 0 Å². The summed E-state index contributed by atoms with van der Waals surface area (Å²) in [5.41, 5.74) is 2.29. The van der Waals surface area contributed by atoms with E-state index in [1.54, 1.807) is 13.3 Å². The summed E-state index contributed by atoms with van der Waals surface area (Å²) in [6.07, 6.45) is 5.73. The molecule has 0 saturated carbocycles. The van der Waals surface area contributed by atoms with Gasteiger partial charge in [-0.05, 0) is 78.3 Å². The van der Waals surface area contributed by atoms with E-state index in [2.05, 4.69) is 15.2 Å². The Balaban J connectivity index is 1.51. The molecular weight excluding hydrogens is 481 g/mol. The van der Waals surface area contributed by atoms with Crippen LogP contribution in [0.4, 0.5) is 5.69 Å². The summed E-state index contributed by atoms with van der Waals surface area (Å²) >= 11 is 0. The number of carbonyl (C=O) groups excluding carboxylic acids is 1. The van der Waals surface area contributed by atoms with Crippen LogP contribution in [0, 0.1) is 0 Å². The number of carbonyl (C=O) groups is 1. The molecule has 2 aromatic rings. The Kier molecular flexibility index (Phi) is 7.93. The molecule has 1 aromatic carbocycles. The van der Waals surface area contributed by atoms with Crippen molar-refractivity contribution >= 4 is 36.4 Å². The number of nitrogens with one attached hydrogen (secondary N) is 1. The minimum atomic E-state index is -0.523. The van der Waals surface area contributed by atoms with Crippen LogP contribution in [0.15, 0.2) is 36.5 Å². The van der Waals surface area contributed by atoms with Gasteiger partial charge < -0.3 is 29.0 Å². The number of esters is 1. The second-order valence-corrected chi connectivity index (χ2v) is 11.8. The number of nitrogens with zero attached hydrogens (tertiary/aromatic N) is 2. The van der Waals surface area contributed by atoms with Gasteiger partial charge in [-0.1, -0.05) is 18.2 Å². The zero-order valence-electron chi connectivity index (χ0n) is 23.8. The minimum Gasteiger partial charge on any atom is -0.481 e. The predicted octanol–water partition coefficient (Wildman–Crippen LogP) is 3.68. The van der Waals surface area contributed by atoms with Gasteiger partial charge in [-0.25, -0.2) is 9.78 Å². The maximum atomic E-state index is 12.8. The molecule has 2 aliphatic heterocycles. The molecule has 1 aromatic heterocycles. The number of ether oxygens (including phenoxy) is 2. The Labute approximate surface area is 226 Å². The zero-order chi connectivity index (χ0) is 27.7. The summed E-state index contributed by atoms with van der Waals surface area (Å²) in [5.74, 6) is 0.314. The second kappa shape index (κ2) is 10.7. The number of anilines is 1. The van der Waals surface area contributed by atoms with Gasteiger partial charge in [-0.3, -0.25) is 0 Å². The molecule has 8 nitrogen and oxygen atoms in total. The summed E-state index contributed by atoms with van der Waals surface area (Å²) in [6.45, 7) is 15.9. The normalized spacial score (nSPS) is 21.1. The van der Waals surface area contributed by atoms with Gasteiger partial charge in [0.05, 0.1) is 18.3 Å². The monoisotopic (exact) mass is 521 g/mol. The Hall–Kier alpha value is -2.88. The Morgan fingerprint density at radius 2 is 1.79 bits per heavy atom. The highest BCUT2D eigenvalue weighted by Gasteiger charge is 2.51. The van der Waals surface area contributed by atoms with Gasteiger partial charge in [0.25, 0.3) is 0 Å². The number of hydrogen-bond donors (Lipinski definition) is 1. The fourth-order valence-corrected chi connectivity index (χ4v) is 4.44. The Bertz CT molecular complexity index is 1160. The summed E-state index contributed by atoms with van der Waals surface area (Å²) < 4.78 is 23.6. The first-order chi connectivity index (χ1) is 17.8. The molecule has 1 unspecified atom stereocenters. The van der Waals surface area contributed by atoms with Crippen molar-refractivity contribution in [3.8, 4) is 5.88 Å². The molecule has 4 rings (SSSR count). The van der Waals surface area contributed by atoms with Crippen molar-refractivity contribution in [2.75, 3.05) is 31.6 Å². The lowest BCUT2D eigenvalue weighted by Crippen LogP contribution is -2.56. The highest BCUT2D eigenvalue weighted by atomic mass is 16.7. The van der Waals surface area contributed by atoms with E-state index in [1.165, 1.54) is 0 Å². The molecule has 0 aliphatic carbocycles. The summed E-state index contributed by atoms with van der Waals surface area (Å²) in [7, 11) is 1.11. The zero-order valence-corrected chi connectivity index (χ0v) is 23.8. The third-order valence-electron chi connectivity index (χ3n) is 7.22. The van der Waals surface area contributed by atoms with E-state index in [9.17, 15) is 4.79 Å². The SMILES string of the molecule is COc1ncc(B2OC(C)(C)C(C)(C)O2)cc1/C=C/c1ccc(N2CCNCC2C(=O)OC(C)(C)C)cc1. The first kappa shape index (κ1) is 28.1. The van der Waals surface area contributed by atoms with Gasteiger partial charge in [0.2, 0.25) is 5.88 Å². The molecule has 0 radical (unpaired) electrons. The van der Waals surface area contributed by atoms with Crippen LogP contribution in [-0.2, 0) is 18.8 Å². The van der Waals surface area contributed by atoms with Crippen LogP contribution in [0.3, 0.4) is 0 Å². The summed E-state index contributed by atoms with van der Waals surface area (Å²) in [4.78, 5) is 19.4. The lowest BCUT2D eigenvalue weighted by molar-refractivity contribution is -0.156. The average molecular weight is 521 g/mol. The van der Waals surface area contributed by atoms with Crippen molar-refractivity contribution in [3.63, 3.8) is 0 Å². The van der Waals surface area contributed by atoms with Gasteiger partial charge in [0.15, 0.2) is 0 Å². The Morgan fingerprint density at radius 1 is 1.13 bits per heavy atom. The van der Waals surface area contributed by atoms with Crippen LogP contribution in [0.2, 0.25) is 0 Å². The van der Waals surface area contributed by atoms with Crippen molar-refractivity contribution in [2.45, 2.75) is 71.3 Å². The van der Waals surface area contributed by atoms with E-state index in [0.29, 0.717) is 12.4 Å². The minimum absolute atomic E-state index is 0.213. The van der Waals surface area contributed by atoms with E-state index in [1.807, 2.05) is 91.0 Å². The molecule has 0 bridgehead atoms. The lowest BCUT2D eigenvalue weighted by atomic mass is 9.79. The number of hydrogen-bond acceptors (Lipinski definition) is 8. The molecule has 38 heavy (non-hydrogen) atoms. The number of aromatic nitrogens is 1. The highest BCUT2D eigenvalue weighted by molar-refractivity contribution is 6.62. The van der Waals surface area contributed by atoms with Gasteiger partial charge in [0, 0.05) is 42.5 Å². The van der Waals surface area contributed by atoms with Crippen molar-refractivity contribution in [1.82, 2.24) is 10.3 Å². The first-order valence-corrected chi connectivity index (χ1v) is 13.2. The molecular formula is C29H40BN3O5. The number of methoxy groups -OCH3 is 1. The summed E-state index contributed by atoms with van der Waals surface area (Å²) in [5, 5.41) is 3.31. The highest BCUT2D eigenvalue weighted by Crippen LogP contribution is 2.36. The third kappa shape index (κ3) is 6.22. The summed E-state index contributed by atoms with van der Waals surface area (Å²) in [6, 6.07) is 9.79. The van der Waals surface area contributed by atoms with E-state index < -0.39 is 23.9 Å². The molecule has 0 spiro atoms. The van der Waals surface area contributed by atoms with Gasteiger partial charge >= 0.3 is 13.1 Å². The van der Waals surface area contributed by atoms with E-state index in [-0.39, 0.29) is 12.0 Å². The van der Waals surface area contributed by atoms with Crippen LogP contribution < -0.4 is 20.4 Å². The van der Waals surface area contributed by atoms with Crippen LogP contribution in [0.25, 0.3) is 12.2 Å². The largest absolute Gasteiger partial charge is 0.496 e. The van der Waals surface area contributed by atoms with Crippen LogP contribution in [0.1, 0.15) is 59.6 Å². The van der Waals surface area contributed by atoms with E-state index in [0.717, 1.165) is 35.4 Å². The maximum Gasteiger partial charge on any atom is 0.496 e. The van der Waals surface area contributed by atoms with Crippen LogP contribution in [-0.4, -0.2) is 67.7 Å². The van der Waals surface area contributed by atoms with Crippen molar-refractivity contribution in [2.24, 2.45) is 0 Å². The topological polar surface area (TPSA) is 82.2 Å². The molecule has 204 valence electrons. The lowest BCUT2D eigenvalue weighted by Gasteiger charge is -2.37. The second-order valence-electron chi connectivity index (χ2n) is 11.8. The van der Waals surface area contributed by atoms with E-state index >= 15 is 0 Å². The molecule has 2 saturated heterocycles. The fourth-order valence-electron chi connectivity index (χ4n) is 4.44. The van der Waals surface area contributed by atoms with Crippen molar-refractivity contribution in [3.05, 3.63) is 47.7 Å². The average Bonchev–Trinajstić information content (AvgIpc) is 3.08. The number of pyridine rings is 1. The molecule has 9 heteroatoms. The molecule has 0 amide bonds. The van der Waals surface area contributed by atoms with Crippen molar-refractivity contribution in [1.29, 1.82) is 0 Å². The number of benzene rings is 1. The fraction of sp³-hybridized carbons (Fsp3) is 0.517. The molecule has 2 fully saturated rings. The number of rotatable bonds is 6. The smallest absolute Gasteiger partial charge is 0.481 e. The quantitative estimate of drug-likeness (QED) is 0.456. The van der Waals surface area contributed by atoms with E-state index in [4.69, 9.17) is 18.8 Å².